The Kier molecular flexibility index (Phi) is 5.57. The van der Waals surface area contributed by atoms with Crippen molar-refractivity contribution in [2.24, 2.45) is 0 Å². The molecule has 5 aromatic carbocycles. The Labute approximate surface area is 256 Å². The summed E-state index contributed by atoms with van der Waals surface area (Å²) in [6.45, 7) is 0. The average molecular weight is 583 g/mol. The number of hydrogen-bond donors (Lipinski definition) is 0. The van der Waals surface area contributed by atoms with Crippen LogP contribution < -0.4 is 0 Å². The van der Waals surface area contributed by atoms with E-state index in [0.29, 0.717) is 29.1 Å². The van der Waals surface area contributed by atoms with Crippen LogP contribution in [0.15, 0.2) is 132 Å². The fraction of sp³-hybridized carbons (Fsp3) is 0. The predicted molar refractivity (Wildman–Crippen MR) is 179 cm³/mol. The molecule has 44 heavy (non-hydrogen) atoms. The van der Waals surface area contributed by atoms with E-state index in [2.05, 4.69) is 76.0 Å². The number of thiophene rings is 1. The maximum Gasteiger partial charge on any atom is 0.235 e. The third-order valence-corrected chi connectivity index (χ3v) is 8.73. The molecule has 4 aromatic heterocycles. The normalized spacial score (nSPS) is 11.6. The lowest BCUT2D eigenvalue weighted by molar-refractivity contribution is 0.997. The average Bonchev–Trinajstić information content (AvgIpc) is 3.71. The minimum Gasteiger partial charge on any atom is -0.278 e. The van der Waals surface area contributed by atoms with Gasteiger partial charge in [0.2, 0.25) is 5.95 Å². The highest BCUT2D eigenvalue weighted by Gasteiger charge is 2.21. The SMILES string of the molecule is c1ccc(-c2nc(-c3ccccc3)nc(-c3nc(-n4c5ccccc5c5c6ccccc6ccc54)nc4cscc34)n2)cc1. The summed E-state index contributed by atoms with van der Waals surface area (Å²) in [5, 5.41) is 9.79. The molecule has 9 aromatic rings. The van der Waals surface area contributed by atoms with E-state index < -0.39 is 0 Å². The van der Waals surface area contributed by atoms with Crippen LogP contribution in [-0.4, -0.2) is 29.5 Å². The van der Waals surface area contributed by atoms with E-state index in [1.807, 2.05) is 60.7 Å². The molecule has 9 rings (SSSR count). The van der Waals surface area contributed by atoms with Crippen molar-refractivity contribution in [1.82, 2.24) is 29.5 Å². The third-order valence-electron chi connectivity index (χ3n) is 8.00. The van der Waals surface area contributed by atoms with Crippen LogP contribution in [0.4, 0.5) is 0 Å². The summed E-state index contributed by atoms with van der Waals surface area (Å²) in [6, 6.07) is 41.3. The van der Waals surface area contributed by atoms with Gasteiger partial charge >= 0.3 is 0 Å². The highest BCUT2D eigenvalue weighted by Crippen LogP contribution is 2.37. The Morgan fingerprint density at radius 1 is 0.455 bits per heavy atom. The first-order chi connectivity index (χ1) is 21.8. The summed E-state index contributed by atoms with van der Waals surface area (Å²) >= 11 is 1.59. The van der Waals surface area contributed by atoms with Gasteiger partial charge in [0, 0.05) is 38.0 Å². The van der Waals surface area contributed by atoms with Gasteiger partial charge in [0.1, 0.15) is 5.69 Å². The van der Waals surface area contributed by atoms with Crippen molar-refractivity contribution in [3.8, 4) is 40.2 Å². The standard InChI is InChI=1S/C37H22N6S/c1-3-12-24(13-4-1)34-40-35(25-14-5-2-6-15-25)42-36(41-34)33-28-21-44-22-29(28)38-37(39-33)43-30-18-10-9-17-27(30)32-26-16-8-7-11-23(26)19-20-31(32)43/h1-22H. The number of nitrogens with zero attached hydrogens (tertiary/aromatic N) is 6. The van der Waals surface area contributed by atoms with Gasteiger partial charge in [-0.25, -0.2) is 24.9 Å². The monoisotopic (exact) mass is 582 g/mol. The zero-order valence-electron chi connectivity index (χ0n) is 23.3. The lowest BCUT2D eigenvalue weighted by Gasteiger charge is -2.11. The summed E-state index contributed by atoms with van der Waals surface area (Å²) in [6.07, 6.45) is 0. The largest absolute Gasteiger partial charge is 0.278 e. The molecule has 0 saturated heterocycles. The quantitative estimate of drug-likeness (QED) is 0.207. The molecule has 0 unspecified atom stereocenters. The smallest absolute Gasteiger partial charge is 0.235 e. The van der Waals surface area contributed by atoms with Crippen LogP contribution in [0.3, 0.4) is 0 Å². The van der Waals surface area contributed by atoms with Crippen LogP contribution in [0.2, 0.25) is 0 Å². The Hall–Kier alpha value is -5.79. The summed E-state index contributed by atoms with van der Waals surface area (Å²) < 4.78 is 2.16. The van der Waals surface area contributed by atoms with Crippen LogP contribution in [0.25, 0.3) is 83.7 Å². The maximum atomic E-state index is 5.24. The first-order valence-corrected chi connectivity index (χ1v) is 15.3. The van der Waals surface area contributed by atoms with E-state index in [4.69, 9.17) is 24.9 Å². The number of rotatable bonds is 4. The fourth-order valence-electron chi connectivity index (χ4n) is 5.99. The number of hydrogen-bond acceptors (Lipinski definition) is 6. The zero-order valence-corrected chi connectivity index (χ0v) is 24.1. The second-order valence-electron chi connectivity index (χ2n) is 10.6. The van der Waals surface area contributed by atoms with Crippen LogP contribution in [-0.2, 0) is 0 Å². The predicted octanol–water partition coefficient (Wildman–Crippen LogP) is 9.13. The zero-order chi connectivity index (χ0) is 29.0. The van der Waals surface area contributed by atoms with Crippen LogP contribution in [0.1, 0.15) is 0 Å². The minimum absolute atomic E-state index is 0.510. The number of aromatic nitrogens is 6. The first kappa shape index (κ1) is 24.8. The van der Waals surface area contributed by atoms with Crippen molar-refractivity contribution in [3.63, 3.8) is 0 Å². The molecule has 0 spiro atoms. The maximum absolute atomic E-state index is 5.24. The Balaban J connectivity index is 1.34. The van der Waals surface area contributed by atoms with Gasteiger partial charge in [-0.3, -0.25) is 4.57 Å². The Morgan fingerprint density at radius 2 is 1.09 bits per heavy atom. The summed E-state index contributed by atoms with van der Waals surface area (Å²) in [4.78, 5) is 25.2. The fourth-order valence-corrected chi connectivity index (χ4v) is 6.73. The van der Waals surface area contributed by atoms with Crippen LogP contribution in [0.5, 0.6) is 0 Å². The van der Waals surface area contributed by atoms with E-state index in [0.717, 1.165) is 38.4 Å². The molecular weight excluding hydrogens is 561 g/mol. The molecule has 0 N–H and O–H groups in total. The van der Waals surface area contributed by atoms with E-state index in [-0.39, 0.29) is 0 Å². The lowest BCUT2D eigenvalue weighted by atomic mass is 10.0. The highest BCUT2D eigenvalue weighted by molar-refractivity contribution is 7.09. The second-order valence-corrected chi connectivity index (χ2v) is 11.4. The molecule has 7 heteroatoms. The van der Waals surface area contributed by atoms with Crippen molar-refractivity contribution in [2.75, 3.05) is 0 Å². The molecular formula is C37H22N6S. The molecule has 0 aliphatic heterocycles. The molecule has 0 aliphatic carbocycles. The van der Waals surface area contributed by atoms with Gasteiger partial charge in [-0.1, -0.05) is 109 Å². The molecule has 0 bridgehead atoms. The molecule has 206 valence electrons. The van der Waals surface area contributed by atoms with Crippen molar-refractivity contribution >= 4 is 54.8 Å². The van der Waals surface area contributed by atoms with Crippen LogP contribution >= 0.6 is 11.3 Å². The van der Waals surface area contributed by atoms with Crippen molar-refractivity contribution in [3.05, 3.63) is 132 Å². The Bertz CT molecular complexity index is 2440. The van der Waals surface area contributed by atoms with Crippen LogP contribution in [0, 0.1) is 0 Å². The Morgan fingerprint density at radius 3 is 1.84 bits per heavy atom. The molecule has 0 radical (unpaired) electrons. The van der Waals surface area contributed by atoms with E-state index >= 15 is 0 Å². The summed E-state index contributed by atoms with van der Waals surface area (Å²) in [7, 11) is 0. The molecule has 4 heterocycles. The number of benzene rings is 5. The molecule has 0 amide bonds. The highest BCUT2D eigenvalue weighted by atomic mass is 32.1. The van der Waals surface area contributed by atoms with E-state index in [9.17, 15) is 0 Å². The minimum atomic E-state index is 0.510. The van der Waals surface area contributed by atoms with E-state index in [1.165, 1.54) is 16.2 Å². The molecule has 6 nitrogen and oxygen atoms in total. The first-order valence-electron chi connectivity index (χ1n) is 14.3. The summed E-state index contributed by atoms with van der Waals surface area (Å²) in [5.41, 5.74) is 5.46. The molecule has 0 fully saturated rings. The van der Waals surface area contributed by atoms with Crippen molar-refractivity contribution < 1.29 is 0 Å². The molecule has 0 saturated carbocycles. The molecule has 0 atom stereocenters. The van der Waals surface area contributed by atoms with Gasteiger partial charge in [-0.15, -0.1) is 11.3 Å². The van der Waals surface area contributed by atoms with Gasteiger partial charge in [-0.05, 0) is 22.9 Å². The molecule has 0 aliphatic rings. The number of fused-ring (bicyclic) bond motifs is 6. The van der Waals surface area contributed by atoms with Crippen molar-refractivity contribution in [1.29, 1.82) is 0 Å². The van der Waals surface area contributed by atoms with Gasteiger partial charge in [-0.2, -0.15) is 0 Å². The third kappa shape index (κ3) is 3.91. The lowest BCUT2D eigenvalue weighted by Crippen LogP contribution is -2.06. The van der Waals surface area contributed by atoms with E-state index in [1.54, 1.807) is 11.3 Å². The van der Waals surface area contributed by atoms with Gasteiger partial charge in [0.05, 0.1) is 16.6 Å². The second kappa shape index (κ2) is 9.90. The topological polar surface area (TPSA) is 69.4 Å². The van der Waals surface area contributed by atoms with Gasteiger partial charge < -0.3 is 0 Å². The summed E-state index contributed by atoms with van der Waals surface area (Å²) in [5.74, 6) is 2.29. The van der Waals surface area contributed by atoms with Gasteiger partial charge in [0.25, 0.3) is 0 Å². The van der Waals surface area contributed by atoms with Crippen molar-refractivity contribution in [2.45, 2.75) is 0 Å². The van der Waals surface area contributed by atoms with Gasteiger partial charge in [0.15, 0.2) is 17.5 Å². The number of para-hydroxylation sites is 1.